The second-order valence-corrected chi connectivity index (χ2v) is 3.42. The largest absolute Gasteiger partial charge is 0.382 e. The van der Waals surface area contributed by atoms with Gasteiger partial charge in [-0.3, -0.25) is 0 Å². The Morgan fingerprint density at radius 3 is 2.00 bits per heavy atom. The van der Waals surface area contributed by atoms with Crippen LogP contribution in [0.4, 0.5) is 0 Å². The van der Waals surface area contributed by atoms with Crippen molar-refractivity contribution < 1.29 is 14.2 Å². The molecule has 0 aromatic rings. The normalized spacial score (nSPS) is 10.8. The molecule has 0 spiro atoms. The maximum atomic E-state index is 5.40. The average molecular weight is 219 g/mol. The van der Waals surface area contributed by atoms with Gasteiger partial charge < -0.3 is 19.9 Å². The summed E-state index contributed by atoms with van der Waals surface area (Å²) in [5.74, 6) is 0. The summed E-state index contributed by atoms with van der Waals surface area (Å²) >= 11 is 0. The lowest BCUT2D eigenvalue weighted by atomic mass is 10.2. The van der Waals surface area contributed by atoms with E-state index >= 15 is 0 Å². The molecule has 2 N–H and O–H groups in total. The fraction of sp³-hybridized carbons (Fsp3) is 1.00. The summed E-state index contributed by atoms with van der Waals surface area (Å²) in [5.41, 5.74) is 5.39. The molecule has 0 aromatic heterocycles. The van der Waals surface area contributed by atoms with E-state index in [1.807, 2.05) is 0 Å². The highest BCUT2D eigenvalue weighted by atomic mass is 16.5. The van der Waals surface area contributed by atoms with Crippen molar-refractivity contribution >= 4 is 0 Å². The van der Waals surface area contributed by atoms with Crippen LogP contribution >= 0.6 is 0 Å². The molecule has 0 atom stereocenters. The number of hydrogen-bond acceptors (Lipinski definition) is 4. The van der Waals surface area contributed by atoms with Crippen molar-refractivity contribution in [1.29, 1.82) is 0 Å². The topological polar surface area (TPSA) is 53.7 Å². The van der Waals surface area contributed by atoms with Gasteiger partial charge in [0, 0.05) is 13.7 Å². The highest BCUT2D eigenvalue weighted by molar-refractivity contribution is 4.43. The lowest BCUT2D eigenvalue weighted by molar-refractivity contribution is 0.0240. The summed E-state index contributed by atoms with van der Waals surface area (Å²) in [7, 11) is 1.67. The third-order valence-electron chi connectivity index (χ3n) is 2.05. The highest BCUT2D eigenvalue weighted by Gasteiger charge is 1.91. The van der Waals surface area contributed by atoms with Crippen LogP contribution < -0.4 is 5.73 Å². The molecule has 0 aromatic carbocycles. The molecule has 0 aliphatic carbocycles. The molecule has 0 radical (unpaired) electrons. The van der Waals surface area contributed by atoms with Crippen molar-refractivity contribution in [3.05, 3.63) is 0 Å². The Kier molecular flexibility index (Phi) is 13.7. The van der Waals surface area contributed by atoms with Crippen LogP contribution in [0.1, 0.15) is 25.7 Å². The molecule has 15 heavy (non-hydrogen) atoms. The zero-order valence-electron chi connectivity index (χ0n) is 9.87. The maximum absolute atomic E-state index is 5.40. The summed E-state index contributed by atoms with van der Waals surface area (Å²) in [6.45, 7) is 4.27. The van der Waals surface area contributed by atoms with Gasteiger partial charge >= 0.3 is 0 Å². The number of nitrogens with two attached hydrogens (primary N) is 1. The monoisotopic (exact) mass is 219 g/mol. The van der Waals surface area contributed by atoms with Gasteiger partial charge in [-0.1, -0.05) is 12.8 Å². The van der Waals surface area contributed by atoms with E-state index in [9.17, 15) is 0 Å². The van der Waals surface area contributed by atoms with Gasteiger partial charge in [0.05, 0.1) is 26.4 Å². The van der Waals surface area contributed by atoms with Crippen LogP contribution in [0.3, 0.4) is 0 Å². The van der Waals surface area contributed by atoms with E-state index in [0.29, 0.717) is 26.4 Å². The molecule has 0 fully saturated rings. The predicted molar refractivity (Wildman–Crippen MR) is 61.0 cm³/mol. The standard InChI is InChI=1S/C11H25NO3/c1-13-8-9-15-11-10-14-7-5-3-2-4-6-12/h2-12H2,1H3. The zero-order chi connectivity index (χ0) is 11.2. The van der Waals surface area contributed by atoms with E-state index in [0.717, 1.165) is 26.0 Å². The fourth-order valence-electron chi connectivity index (χ4n) is 1.17. The van der Waals surface area contributed by atoms with Gasteiger partial charge in [0.15, 0.2) is 0 Å². The Morgan fingerprint density at radius 2 is 1.33 bits per heavy atom. The second kappa shape index (κ2) is 13.8. The van der Waals surface area contributed by atoms with Crippen molar-refractivity contribution in [2.75, 3.05) is 46.7 Å². The minimum atomic E-state index is 0.649. The molecule has 4 heteroatoms. The lowest BCUT2D eigenvalue weighted by Crippen LogP contribution is -2.08. The van der Waals surface area contributed by atoms with E-state index in [1.54, 1.807) is 7.11 Å². The SMILES string of the molecule is COCCOCCOCCCCCCN. The van der Waals surface area contributed by atoms with Crippen molar-refractivity contribution in [2.24, 2.45) is 5.73 Å². The van der Waals surface area contributed by atoms with E-state index in [4.69, 9.17) is 19.9 Å². The Bertz CT molecular complexity index is 100. The smallest absolute Gasteiger partial charge is 0.0701 e. The molecule has 0 amide bonds. The van der Waals surface area contributed by atoms with Gasteiger partial charge in [-0.05, 0) is 19.4 Å². The van der Waals surface area contributed by atoms with Crippen molar-refractivity contribution in [3.8, 4) is 0 Å². The molecular weight excluding hydrogens is 194 g/mol. The highest BCUT2D eigenvalue weighted by Crippen LogP contribution is 1.98. The van der Waals surface area contributed by atoms with Gasteiger partial charge in [0.25, 0.3) is 0 Å². The first-order valence-corrected chi connectivity index (χ1v) is 5.76. The first-order valence-electron chi connectivity index (χ1n) is 5.76. The van der Waals surface area contributed by atoms with Gasteiger partial charge in [-0.25, -0.2) is 0 Å². The number of unbranched alkanes of at least 4 members (excludes halogenated alkanes) is 3. The molecule has 0 rings (SSSR count). The van der Waals surface area contributed by atoms with Crippen molar-refractivity contribution in [2.45, 2.75) is 25.7 Å². The first kappa shape index (κ1) is 14.8. The first-order chi connectivity index (χ1) is 7.41. The average Bonchev–Trinajstić information content (AvgIpc) is 2.26. The lowest BCUT2D eigenvalue weighted by Gasteiger charge is -2.05. The minimum absolute atomic E-state index is 0.649. The second-order valence-electron chi connectivity index (χ2n) is 3.42. The van der Waals surface area contributed by atoms with Crippen LogP contribution in [0, 0.1) is 0 Å². The molecule has 0 saturated heterocycles. The van der Waals surface area contributed by atoms with Crippen LogP contribution in [-0.2, 0) is 14.2 Å². The summed E-state index contributed by atoms with van der Waals surface area (Å²) < 4.78 is 15.5. The summed E-state index contributed by atoms with van der Waals surface area (Å²) in [6.07, 6.45) is 4.67. The summed E-state index contributed by atoms with van der Waals surface area (Å²) in [4.78, 5) is 0. The molecule has 0 heterocycles. The van der Waals surface area contributed by atoms with Crippen LogP contribution in [0.25, 0.3) is 0 Å². The molecule has 0 unspecified atom stereocenters. The van der Waals surface area contributed by atoms with Crippen LogP contribution in [-0.4, -0.2) is 46.7 Å². The number of methoxy groups -OCH3 is 1. The summed E-state index contributed by atoms with van der Waals surface area (Å²) in [5, 5.41) is 0. The molecule has 4 nitrogen and oxygen atoms in total. The Morgan fingerprint density at radius 1 is 0.733 bits per heavy atom. The molecular formula is C11H25NO3. The van der Waals surface area contributed by atoms with Gasteiger partial charge in [0.2, 0.25) is 0 Å². The Hall–Kier alpha value is -0.160. The number of hydrogen-bond donors (Lipinski definition) is 1. The van der Waals surface area contributed by atoms with Crippen molar-refractivity contribution in [3.63, 3.8) is 0 Å². The van der Waals surface area contributed by atoms with Gasteiger partial charge in [0.1, 0.15) is 0 Å². The molecule has 0 aliphatic rings. The molecule has 0 saturated carbocycles. The Labute approximate surface area is 93.1 Å². The molecule has 92 valence electrons. The maximum Gasteiger partial charge on any atom is 0.0701 e. The van der Waals surface area contributed by atoms with Crippen LogP contribution in [0.5, 0.6) is 0 Å². The Balaban J connectivity index is 2.81. The van der Waals surface area contributed by atoms with Crippen molar-refractivity contribution in [1.82, 2.24) is 0 Å². The number of ether oxygens (including phenoxy) is 3. The third kappa shape index (κ3) is 13.8. The molecule has 0 aliphatic heterocycles. The van der Waals surface area contributed by atoms with E-state index in [-0.39, 0.29) is 0 Å². The van der Waals surface area contributed by atoms with E-state index in [1.165, 1.54) is 12.8 Å². The molecule has 0 bridgehead atoms. The number of rotatable bonds is 12. The quantitative estimate of drug-likeness (QED) is 0.501. The fourth-order valence-corrected chi connectivity index (χ4v) is 1.17. The summed E-state index contributed by atoms with van der Waals surface area (Å²) in [6, 6.07) is 0. The minimum Gasteiger partial charge on any atom is -0.382 e. The zero-order valence-corrected chi connectivity index (χ0v) is 9.87. The van der Waals surface area contributed by atoms with Crippen LogP contribution in [0.2, 0.25) is 0 Å². The predicted octanol–water partition coefficient (Wildman–Crippen LogP) is 1.19. The van der Waals surface area contributed by atoms with E-state index < -0.39 is 0 Å². The van der Waals surface area contributed by atoms with Crippen LogP contribution in [0.15, 0.2) is 0 Å². The van der Waals surface area contributed by atoms with E-state index in [2.05, 4.69) is 0 Å². The van der Waals surface area contributed by atoms with Gasteiger partial charge in [-0.2, -0.15) is 0 Å². The third-order valence-corrected chi connectivity index (χ3v) is 2.05. The van der Waals surface area contributed by atoms with Gasteiger partial charge in [-0.15, -0.1) is 0 Å².